The van der Waals surface area contributed by atoms with Crippen molar-refractivity contribution in [1.29, 1.82) is 0 Å². The largest absolute Gasteiger partial charge is 0.468 e. The number of aryl methyl sites for hydroxylation is 1. The van der Waals surface area contributed by atoms with E-state index in [9.17, 15) is 0 Å². The second-order valence-corrected chi connectivity index (χ2v) is 3.88. The summed E-state index contributed by atoms with van der Waals surface area (Å²) in [5, 5.41) is 0. The highest BCUT2D eigenvalue weighted by Crippen LogP contribution is 2.39. The van der Waals surface area contributed by atoms with Crippen LogP contribution < -0.4 is 0 Å². The van der Waals surface area contributed by atoms with Crippen molar-refractivity contribution in [3.8, 4) is 0 Å². The molecule has 0 unspecified atom stereocenters. The van der Waals surface area contributed by atoms with E-state index in [1.807, 2.05) is 6.26 Å². The molecule has 1 aromatic rings. The summed E-state index contributed by atoms with van der Waals surface area (Å²) in [6, 6.07) is 0. The molecule has 1 aromatic heterocycles. The first-order valence-electron chi connectivity index (χ1n) is 5.62. The van der Waals surface area contributed by atoms with Crippen LogP contribution in [-0.4, -0.2) is 0 Å². The molecule has 14 heavy (non-hydrogen) atoms. The smallest absolute Gasteiger partial charge is 0.111 e. The number of furan rings is 1. The minimum Gasteiger partial charge on any atom is -0.468 e. The molecule has 76 valence electrons. The van der Waals surface area contributed by atoms with Crippen molar-refractivity contribution in [2.75, 3.05) is 0 Å². The molecule has 1 aliphatic rings. The van der Waals surface area contributed by atoms with Gasteiger partial charge in [-0.25, -0.2) is 0 Å². The second-order valence-electron chi connectivity index (χ2n) is 3.88. The number of fused-ring (bicyclic) bond motifs is 1. The highest BCUT2D eigenvalue weighted by Gasteiger charge is 2.24. The number of hydrogen-bond donors (Lipinski definition) is 0. The Labute approximate surface area is 85.8 Å². The summed E-state index contributed by atoms with van der Waals surface area (Å²) in [6.07, 6.45) is 6.41. The molecule has 0 amide bonds. The van der Waals surface area contributed by atoms with Gasteiger partial charge in [0.2, 0.25) is 0 Å². The first kappa shape index (κ1) is 9.57. The summed E-state index contributed by atoms with van der Waals surface area (Å²) < 4.78 is 5.58. The third-order valence-corrected chi connectivity index (χ3v) is 3.18. The van der Waals surface area contributed by atoms with Gasteiger partial charge in [0, 0.05) is 17.5 Å². The summed E-state index contributed by atoms with van der Waals surface area (Å²) in [6.45, 7) is 6.66. The zero-order valence-corrected chi connectivity index (χ0v) is 9.31. The fourth-order valence-electron chi connectivity index (χ4n) is 2.47. The average molecular weight is 190 g/mol. The van der Waals surface area contributed by atoms with Gasteiger partial charge in [-0.3, -0.25) is 0 Å². The Hall–Kier alpha value is -0.980. The van der Waals surface area contributed by atoms with Crippen molar-refractivity contribution in [1.82, 2.24) is 0 Å². The fourth-order valence-corrected chi connectivity index (χ4v) is 2.47. The van der Waals surface area contributed by atoms with E-state index in [1.165, 1.54) is 23.3 Å². The molecule has 0 radical (unpaired) electrons. The minimum absolute atomic E-state index is 1.01. The molecule has 0 bridgehead atoms. The number of rotatable bonds is 3. The van der Waals surface area contributed by atoms with Gasteiger partial charge in [0.1, 0.15) is 5.76 Å². The SMILES string of the molecule is CCC1=C(CC)c2c(coc2CC)C1. The maximum Gasteiger partial charge on any atom is 0.111 e. The molecule has 1 heterocycles. The minimum atomic E-state index is 1.01. The van der Waals surface area contributed by atoms with Crippen molar-refractivity contribution in [3.05, 3.63) is 28.7 Å². The van der Waals surface area contributed by atoms with Crippen LogP contribution in [0.5, 0.6) is 0 Å². The van der Waals surface area contributed by atoms with Crippen molar-refractivity contribution < 1.29 is 4.42 Å². The maximum atomic E-state index is 5.58. The number of hydrogen-bond acceptors (Lipinski definition) is 1. The Bertz CT molecular complexity index is 369. The van der Waals surface area contributed by atoms with E-state index in [-0.39, 0.29) is 0 Å². The van der Waals surface area contributed by atoms with Gasteiger partial charge in [-0.15, -0.1) is 0 Å². The normalized spacial score (nSPS) is 15.1. The molecule has 0 N–H and O–H groups in total. The summed E-state index contributed by atoms with van der Waals surface area (Å²) in [4.78, 5) is 0. The van der Waals surface area contributed by atoms with Crippen LogP contribution in [0.25, 0.3) is 5.57 Å². The molecular weight excluding hydrogens is 172 g/mol. The topological polar surface area (TPSA) is 13.1 Å². The van der Waals surface area contributed by atoms with Gasteiger partial charge in [-0.2, -0.15) is 0 Å². The lowest BCUT2D eigenvalue weighted by atomic mass is 10.0. The molecule has 1 nitrogen and oxygen atoms in total. The second kappa shape index (κ2) is 3.64. The molecule has 2 rings (SSSR count). The highest BCUT2D eigenvalue weighted by atomic mass is 16.3. The van der Waals surface area contributed by atoms with Crippen molar-refractivity contribution in [2.24, 2.45) is 0 Å². The van der Waals surface area contributed by atoms with E-state index in [0.29, 0.717) is 0 Å². The van der Waals surface area contributed by atoms with Crippen LogP contribution in [0.15, 0.2) is 16.3 Å². The fraction of sp³-hybridized carbons (Fsp3) is 0.538. The van der Waals surface area contributed by atoms with Gasteiger partial charge in [0.05, 0.1) is 6.26 Å². The van der Waals surface area contributed by atoms with Gasteiger partial charge in [-0.1, -0.05) is 26.3 Å². The number of allylic oxidation sites excluding steroid dienone is 2. The van der Waals surface area contributed by atoms with Crippen molar-refractivity contribution >= 4 is 5.57 Å². The summed E-state index contributed by atoms with van der Waals surface area (Å²) in [5.74, 6) is 1.18. The van der Waals surface area contributed by atoms with Crippen molar-refractivity contribution in [3.63, 3.8) is 0 Å². The Morgan fingerprint density at radius 2 is 1.93 bits per heavy atom. The van der Waals surface area contributed by atoms with E-state index in [0.717, 1.165) is 19.3 Å². The zero-order valence-electron chi connectivity index (χ0n) is 9.31. The maximum absolute atomic E-state index is 5.58. The lowest BCUT2D eigenvalue weighted by molar-refractivity contribution is 0.512. The molecule has 0 spiro atoms. The van der Waals surface area contributed by atoms with Gasteiger partial charge in [0.15, 0.2) is 0 Å². The quantitative estimate of drug-likeness (QED) is 0.702. The third kappa shape index (κ3) is 1.23. The van der Waals surface area contributed by atoms with E-state index in [2.05, 4.69) is 20.8 Å². The Morgan fingerprint density at radius 1 is 1.14 bits per heavy atom. The van der Waals surface area contributed by atoms with Crippen LogP contribution in [0.3, 0.4) is 0 Å². The standard InChI is InChI=1S/C13H18O/c1-4-9-7-10-8-14-12(6-3)13(10)11(9)5-2/h8H,4-7H2,1-3H3. The molecule has 0 saturated heterocycles. The third-order valence-electron chi connectivity index (χ3n) is 3.18. The molecule has 0 aromatic carbocycles. The lowest BCUT2D eigenvalue weighted by Crippen LogP contribution is -1.86. The van der Waals surface area contributed by atoms with Crippen molar-refractivity contribution in [2.45, 2.75) is 46.5 Å². The monoisotopic (exact) mass is 190 g/mol. The predicted molar refractivity (Wildman–Crippen MR) is 59.3 cm³/mol. The first-order valence-corrected chi connectivity index (χ1v) is 5.62. The molecule has 0 atom stereocenters. The summed E-state index contributed by atoms with van der Waals surface area (Å²) in [7, 11) is 0. The highest BCUT2D eigenvalue weighted by molar-refractivity contribution is 5.77. The molecule has 0 aliphatic heterocycles. The Morgan fingerprint density at radius 3 is 2.50 bits per heavy atom. The molecule has 1 aliphatic carbocycles. The Kier molecular flexibility index (Phi) is 2.49. The molecule has 1 heteroatoms. The van der Waals surface area contributed by atoms with E-state index < -0.39 is 0 Å². The molecule has 0 fully saturated rings. The van der Waals surface area contributed by atoms with Gasteiger partial charge >= 0.3 is 0 Å². The van der Waals surface area contributed by atoms with Gasteiger partial charge in [-0.05, 0) is 24.8 Å². The van der Waals surface area contributed by atoms with E-state index in [1.54, 1.807) is 11.1 Å². The first-order chi connectivity index (χ1) is 6.81. The van der Waals surface area contributed by atoms with Crippen LogP contribution in [-0.2, 0) is 12.8 Å². The van der Waals surface area contributed by atoms with Crippen LogP contribution in [0.2, 0.25) is 0 Å². The predicted octanol–water partition coefficient (Wildman–Crippen LogP) is 3.97. The summed E-state index contributed by atoms with van der Waals surface area (Å²) >= 11 is 0. The van der Waals surface area contributed by atoms with Crippen LogP contribution >= 0.6 is 0 Å². The van der Waals surface area contributed by atoms with Crippen LogP contribution in [0.1, 0.15) is 50.5 Å². The van der Waals surface area contributed by atoms with Gasteiger partial charge < -0.3 is 4.42 Å². The van der Waals surface area contributed by atoms with Crippen LogP contribution in [0.4, 0.5) is 0 Å². The average Bonchev–Trinajstić information content (AvgIpc) is 2.74. The summed E-state index contributed by atoms with van der Waals surface area (Å²) in [5.41, 5.74) is 6.01. The van der Waals surface area contributed by atoms with E-state index >= 15 is 0 Å². The zero-order chi connectivity index (χ0) is 10.1. The van der Waals surface area contributed by atoms with Gasteiger partial charge in [0.25, 0.3) is 0 Å². The lowest BCUT2D eigenvalue weighted by Gasteiger charge is -2.04. The molecular formula is C13H18O. The molecule has 0 saturated carbocycles. The van der Waals surface area contributed by atoms with Crippen LogP contribution in [0, 0.1) is 0 Å². The Balaban J connectivity index is 2.49. The van der Waals surface area contributed by atoms with E-state index in [4.69, 9.17) is 4.42 Å².